The lowest BCUT2D eigenvalue weighted by Crippen LogP contribution is -2.51. The average Bonchev–Trinajstić information content (AvgIpc) is 2.69. The maximum atomic E-state index is 12.9. The molecular weight excluding hydrogens is 398 g/mol. The first-order chi connectivity index (χ1) is 12.8. The first-order valence-electron chi connectivity index (χ1n) is 9.92. The van der Waals surface area contributed by atoms with E-state index in [2.05, 4.69) is 0 Å². The lowest BCUT2D eigenvalue weighted by Gasteiger charge is -2.39. The van der Waals surface area contributed by atoms with Crippen LogP contribution in [0.5, 0.6) is 0 Å². The molecule has 0 aliphatic carbocycles. The van der Waals surface area contributed by atoms with Crippen molar-refractivity contribution < 1.29 is 13.2 Å². The molecule has 1 amide bonds. The SMILES string of the molecule is Cc1ccc(S(=O)(=O)N2CCC(C(=O)N3CCCCC3CN)CC2)cc1C.Cl. The van der Waals surface area contributed by atoms with E-state index in [1.54, 1.807) is 12.1 Å². The number of nitrogens with zero attached hydrogens (tertiary/aromatic N) is 2. The highest BCUT2D eigenvalue weighted by Gasteiger charge is 2.36. The van der Waals surface area contributed by atoms with Crippen molar-refractivity contribution >= 4 is 28.3 Å². The number of nitrogens with two attached hydrogens (primary N) is 1. The van der Waals surface area contributed by atoms with Crippen molar-refractivity contribution in [2.75, 3.05) is 26.2 Å². The van der Waals surface area contributed by atoms with Gasteiger partial charge in [-0.15, -0.1) is 12.4 Å². The molecule has 2 heterocycles. The fourth-order valence-corrected chi connectivity index (χ4v) is 5.69. The summed E-state index contributed by atoms with van der Waals surface area (Å²) in [6.07, 6.45) is 4.29. The maximum absolute atomic E-state index is 12.9. The average molecular weight is 430 g/mol. The standard InChI is InChI=1S/C20H31N3O3S.ClH/c1-15-6-7-19(13-16(15)2)27(25,26)22-11-8-17(9-12-22)20(24)23-10-4-3-5-18(23)14-21;/h6-7,13,17-18H,3-5,8-12,14,21H2,1-2H3;1H. The van der Waals surface area contributed by atoms with Gasteiger partial charge in [0.25, 0.3) is 0 Å². The monoisotopic (exact) mass is 429 g/mol. The van der Waals surface area contributed by atoms with Gasteiger partial charge in [0.1, 0.15) is 0 Å². The van der Waals surface area contributed by atoms with Crippen LogP contribution in [0.4, 0.5) is 0 Å². The molecule has 8 heteroatoms. The molecule has 2 aliphatic heterocycles. The van der Waals surface area contributed by atoms with E-state index in [9.17, 15) is 13.2 Å². The zero-order valence-corrected chi connectivity index (χ0v) is 18.4. The van der Waals surface area contributed by atoms with Crippen molar-refractivity contribution in [1.82, 2.24) is 9.21 Å². The predicted octanol–water partition coefficient (Wildman–Crippen LogP) is 2.47. The third-order valence-electron chi connectivity index (χ3n) is 6.10. The van der Waals surface area contributed by atoms with Crippen LogP contribution >= 0.6 is 12.4 Å². The Labute approximate surface area is 174 Å². The molecule has 3 rings (SSSR count). The minimum Gasteiger partial charge on any atom is -0.338 e. The Morgan fingerprint density at radius 3 is 2.36 bits per heavy atom. The third kappa shape index (κ3) is 4.70. The van der Waals surface area contributed by atoms with Crippen LogP contribution in [0.3, 0.4) is 0 Å². The topological polar surface area (TPSA) is 83.7 Å². The third-order valence-corrected chi connectivity index (χ3v) is 8.00. The van der Waals surface area contributed by atoms with Crippen LogP contribution in [0.25, 0.3) is 0 Å². The van der Waals surface area contributed by atoms with Gasteiger partial charge >= 0.3 is 0 Å². The molecule has 2 aliphatic rings. The van der Waals surface area contributed by atoms with Gasteiger partial charge in [0.15, 0.2) is 0 Å². The molecule has 2 fully saturated rings. The molecule has 1 aromatic rings. The van der Waals surface area contributed by atoms with Gasteiger partial charge in [-0.1, -0.05) is 6.07 Å². The normalized spacial score (nSPS) is 22.0. The zero-order chi connectivity index (χ0) is 19.6. The highest BCUT2D eigenvalue weighted by Crippen LogP contribution is 2.28. The van der Waals surface area contributed by atoms with Crippen molar-refractivity contribution in [3.05, 3.63) is 29.3 Å². The predicted molar refractivity (Wildman–Crippen MR) is 113 cm³/mol. The lowest BCUT2D eigenvalue weighted by atomic mass is 9.93. The van der Waals surface area contributed by atoms with Crippen molar-refractivity contribution in [3.8, 4) is 0 Å². The number of hydrogen-bond acceptors (Lipinski definition) is 4. The summed E-state index contributed by atoms with van der Waals surface area (Å²) in [7, 11) is -3.50. The number of carbonyl (C=O) groups excluding carboxylic acids is 1. The Bertz CT molecular complexity index is 792. The van der Waals surface area contributed by atoms with Gasteiger partial charge in [0.05, 0.1) is 4.90 Å². The first-order valence-corrected chi connectivity index (χ1v) is 11.4. The van der Waals surface area contributed by atoms with Crippen molar-refractivity contribution in [2.45, 2.75) is 56.9 Å². The van der Waals surface area contributed by atoms with Gasteiger partial charge in [-0.3, -0.25) is 4.79 Å². The summed E-state index contributed by atoms with van der Waals surface area (Å²) in [5.74, 6) is 0.0664. The summed E-state index contributed by atoms with van der Waals surface area (Å²) in [6.45, 7) is 5.97. The van der Waals surface area contributed by atoms with E-state index in [1.165, 1.54) is 4.31 Å². The smallest absolute Gasteiger partial charge is 0.243 e. The molecule has 0 saturated carbocycles. The van der Waals surface area contributed by atoms with Crippen molar-refractivity contribution in [3.63, 3.8) is 0 Å². The van der Waals surface area contributed by atoms with Crippen LogP contribution in [-0.2, 0) is 14.8 Å². The van der Waals surface area contributed by atoms with E-state index in [1.807, 2.05) is 24.8 Å². The van der Waals surface area contributed by atoms with Crippen LogP contribution in [-0.4, -0.2) is 55.8 Å². The maximum Gasteiger partial charge on any atom is 0.243 e. The number of hydrogen-bond donors (Lipinski definition) is 1. The van der Waals surface area contributed by atoms with Gasteiger partial charge in [-0.25, -0.2) is 8.42 Å². The van der Waals surface area contributed by atoms with Crippen LogP contribution in [0, 0.1) is 19.8 Å². The molecule has 1 aromatic carbocycles. The van der Waals surface area contributed by atoms with Gasteiger partial charge < -0.3 is 10.6 Å². The van der Waals surface area contributed by atoms with Gasteiger partial charge in [0, 0.05) is 38.1 Å². The second-order valence-corrected chi connectivity index (χ2v) is 9.78. The second kappa shape index (κ2) is 9.57. The number of sulfonamides is 1. The fourth-order valence-electron chi connectivity index (χ4n) is 4.14. The lowest BCUT2D eigenvalue weighted by molar-refractivity contribution is -0.140. The molecule has 1 atom stereocenters. The minimum atomic E-state index is -3.50. The summed E-state index contributed by atoms with van der Waals surface area (Å²) in [5.41, 5.74) is 7.90. The summed E-state index contributed by atoms with van der Waals surface area (Å²) < 4.78 is 27.4. The van der Waals surface area contributed by atoms with E-state index < -0.39 is 10.0 Å². The van der Waals surface area contributed by atoms with Crippen molar-refractivity contribution in [1.29, 1.82) is 0 Å². The van der Waals surface area contributed by atoms with Crippen LogP contribution in [0.15, 0.2) is 23.1 Å². The number of benzene rings is 1. The Balaban J connectivity index is 0.00000280. The molecule has 6 nitrogen and oxygen atoms in total. The van der Waals surface area contributed by atoms with E-state index >= 15 is 0 Å². The number of likely N-dealkylation sites (tertiary alicyclic amines) is 1. The molecule has 0 bridgehead atoms. The Kier molecular flexibility index (Phi) is 7.90. The molecule has 28 heavy (non-hydrogen) atoms. The van der Waals surface area contributed by atoms with Gasteiger partial charge in [-0.05, 0) is 69.2 Å². The van der Waals surface area contributed by atoms with E-state index in [0.29, 0.717) is 37.4 Å². The fraction of sp³-hybridized carbons (Fsp3) is 0.650. The summed E-state index contributed by atoms with van der Waals surface area (Å²) in [5, 5.41) is 0. The molecule has 0 spiro atoms. The molecular formula is C20H32ClN3O3S. The second-order valence-electron chi connectivity index (χ2n) is 7.84. The van der Waals surface area contributed by atoms with Crippen molar-refractivity contribution in [2.24, 2.45) is 11.7 Å². The van der Waals surface area contributed by atoms with Crippen LogP contribution in [0.1, 0.15) is 43.2 Å². The summed E-state index contributed by atoms with van der Waals surface area (Å²) >= 11 is 0. The highest BCUT2D eigenvalue weighted by molar-refractivity contribution is 7.89. The number of rotatable bonds is 4. The molecule has 1 unspecified atom stereocenters. The Morgan fingerprint density at radius 1 is 1.07 bits per heavy atom. The minimum absolute atomic E-state index is 0. The van der Waals surface area contributed by atoms with Gasteiger partial charge in [0.2, 0.25) is 15.9 Å². The number of carbonyl (C=O) groups is 1. The zero-order valence-electron chi connectivity index (χ0n) is 16.8. The Hall–Kier alpha value is -1.15. The summed E-state index contributed by atoms with van der Waals surface area (Å²) in [4.78, 5) is 15.2. The van der Waals surface area contributed by atoms with E-state index in [-0.39, 0.29) is 30.3 Å². The first kappa shape index (κ1) is 23.1. The molecule has 158 valence electrons. The van der Waals surface area contributed by atoms with Gasteiger partial charge in [-0.2, -0.15) is 4.31 Å². The number of amides is 1. The molecule has 2 N–H and O–H groups in total. The van der Waals surface area contributed by atoms with E-state index in [0.717, 1.165) is 36.9 Å². The van der Waals surface area contributed by atoms with E-state index in [4.69, 9.17) is 5.73 Å². The molecule has 0 radical (unpaired) electrons. The largest absolute Gasteiger partial charge is 0.338 e. The van der Waals surface area contributed by atoms with Crippen LogP contribution in [0.2, 0.25) is 0 Å². The summed E-state index contributed by atoms with van der Waals surface area (Å²) in [6, 6.07) is 5.40. The Morgan fingerprint density at radius 2 is 1.75 bits per heavy atom. The van der Waals surface area contributed by atoms with Crippen LogP contribution < -0.4 is 5.73 Å². The highest BCUT2D eigenvalue weighted by atomic mass is 35.5. The quantitative estimate of drug-likeness (QED) is 0.796. The molecule has 2 saturated heterocycles. The number of halogens is 1. The molecule has 0 aromatic heterocycles. The number of aryl methyl sites for hydroxylation is 2. The number of piperidine rings is 2.